The van der Waals surface area contributed by atoms with Gasteiger partial charge in [-0.3, -0.25) is 13.9 Å². The van der Waals surface area contributed by atoms with Gasteiger partial charge in [-0.05, 0) is 61.4 Å². The molecule has 0 saturated carbocycles. The lowest BCUT2D eigenvalue weighted by Gasteiger charge is -2.33. The standard InChI is InChI=1S/C27H29ClFN3O4S/c1-4-25(27(34)30-3)31(17-20-7-5-6-8-24(20)28)26(33)18-32(22-13-9-19(2)10-14-22)37(35,36)23-15-11-21(29)12-16-23/h5-16,25H,4,17-18H2,1-3H3,(H,30,34). The molecule has 3 aromatic rings. The van der Waals surface area contributed by atoms with Crippen molar-refractivity contribution < 1.29 is 22.4 Å². The van der Waals surface area contributed by atoms with Crippen molar-refractivity contribution in [3.8, 4) is 0 Å². The molecule has 0 aromatic heterocycles. The number of halogens is 2. The number of aryl methyl sites for hydroxylation is 1. The third kappa shape index (κ3) is 6.67. The average molecular weight is 546 g/mol. The highest BCUT2D eigenvalue weighted by atomic mass is 35.5. The number of rotatable bonds is 10. The number of nitrogens with zero attached hydrogens (tertiary/aromatic N) is 2. The normalized spacial score (nSPS) is 12.0. The van der Waals surface area contributed by atoms with Crippen LogP contribution in [0.25, 0.3) is 0 Å². The second-order valence-corrected chi connectivity index (χ2v) is 10.7. The van der Waals surface area contributed by atoms with Crippen molar-refractivity contribution in [2.45, 2.75) is 37.8 Å². The molecular weight excluding hydrogens is 517 g/mol. The van der Waals surface area contributed by atoms with E-state index in [1.165, 1.54) is 11.9 Å². The van der Waals surface area contributed by atoms with Crippen molar-refractivity contribution in [3.05, 3.63) is 94.8 Å². The van der Waals surface area contributed by atoms with E-state index in [-0.39, 0.29) is 23.0 Å². The fourth-order valence-electron chi connectivity index (χ4n) is 3.87. The van der Waals surface area contributed by atoms with E-state index < -0.39 is 34.3 Å². The number of carbonyl (C=O) groups is 2. The lowest BCUT2D eigenvalue weighted by molar-refractivity contribution is -0.140. The summed E-state index contributed by atoms with van der Waals surface area (Å²) in [6.45, 7) is 3.04. The Bertz CT molecular complexity index is 1350. The molecule has 0 fully saturated rings. The van der Waals surface area contributed by atoms with Crippen LogP contribution in [0.3, 0.4) is 0 Å². The fraction of sp³-hybridized carbons (Fsp3) is 0.259. The lowest BCUT2D eigenvalue weighted by Crippen LogP contribution is -2.51. The largest absolute Gasteiger partial charge is 0.357 e. The molecule has 196 valence electrons. The molecule has 10 heteroatoms. The number of carbonyl (C=O) groups excluding carboxylic acids is 2. The van der Waals surface area contributed by atoms with E-state index in [4.69, 9.17) is 11.6 Å². The highest BCUT2D eigenvalue weighted by molar-refractivity contribution is 7.92. The molecule has 0 spiro atoms. The maximum Gasteiger partial charge on any atom is 0.264 e. The van der Waals surface area contributed by atoms with Gasteiger partial charge in [0.25, 0.3) is 10.0 Å². The Morgan fingerprint density at radius 2 is 1.62 bits per heavy atom. The van der Waals surface area contributed by atoms with Crippen LogP contribution in [0.1, 0.15) is 24.5 Å². The first-order chi connectivity index (χ1) is 17.6. The van der Waals surface area contributed by atoms with E-state index in [1.807, 2.05) is 6.92 Å². The van der Waals surface area contributed by atoms with Crippen molar-refractivity contribution in [1.82, 2.24) is 10.2 Å². The van der Waals surface area contributed by atoms with Crippen LogP contribution in [0.5, 0.6) is 0 Å². The number of anilines is 1. The first-order valence-electron chi connectivity index (χ1n) is 11.7. The highest BCUT2D eigenvalue weighted by Gasteiger charge is 2.33. The zero-order chi connectivity index (χ0) is 27.2. The molecule has 3 rings (SSSR count). The Morgan fingerprint density at radius 1 is 1.00 bits per heavy atom. The lowest BCUT2D eigenvalue weighted by atomic mass is 10.1. The molecule has 1 unspecified atom stereocenters. The molecule has 1 atom stereocenters. The number of benzene rings is 3. The second kappa shape index (κ2) is 12.2. The van der Waals surface area contributed by atoms with Crippen LogP contribution in [0.4, 0.5) is 10.1 Å². The van der Waals surface area contributed by atoms with Crippen molar-refractivity contribution in [3.63, 3.8) is 0 Å². The molecule has 0 heterocycles. The molecule has 1 N–H and O–H groups in total. The number of sulfonamides is 1. The van der Waals surface area contributed by atoms with Crippen LogP contribution in [0.15, 0.2) is 77.7 Å². The Labute approximate surface area is 221 Å². The van der Waals surface area contributed by atoms with Gasteiger partial charge < -0.3 is 10.2 Å². The van der Waals surface area contributed by atoms with E-state index in [0.29, 0.717) is 17.0 Å². The molecule has 7 nitrogen and oxygen atoms in total. The van der Waals surface area contributed by atoms with Gasteiger partial charge in [0.2, 0.25) is 11.8 Å². The van der Waals surface area contributed by atoms with Crippen molar-refractivity contribution in [2.75, 3.05) is 17.9 Å². The van der Waals surface area contributed by atoms with Crippen molar-refractivity contribution in [2.24, 2.45) is 0 Å². The third-order valence-corrected chi connectivity index (χ3v) is 8.09. The summed E-state index contributed by atoms with van der Waals surface area (Å²) in [6.07, 6.45) is 0.297. The first kappa shape index (κ1) is 28.1. The summed E-state index contributed by atoms with van der Waals surface area (Å²) in [5, 5.41) is 2.99. The van der Waals surface area contributed by atoms with Gasteiger partial charge in [0.05, 0.1) is 10.6 Å². The van der Waals surface area contributed by atoms with Crippen LogP contribution < -0.4 is 9.62 Å². The molecule has 37 heavy (non-hydrogen) atoms. The molecule has 0 aliphatic rings. The van der Waals surface area contributed by atoms with Crippen LogP contribution in [0.2, 0.25) is 5.02 Å². The minimum absolute atomic E-state index is 0.00275. The quantitative estimate of drug-likeness (QED) is 0.405. The summed E-state index contributed by atoms with van der Waals surface area (Å²) in [6, 6.07) is 17.1. The summed E-state index contributed by atoms with van der Waals surface area (Å²) < 4.78 is 41.8. The topological polar surface area (TPSA) is 86.8 Å². The Balaban J connectivity index is 2.06. The zero-order valence-corrected chi connectivity index (χ0v) is 22.4. The summed E-state index contributed by atoms with van der Waals surface area (Å²) in [7, 11) is -2.79. The minimum atomic E-state index is -4.26. The van der Waals surface area contributed by atoms with Gasteiger partial charge in [0.1, 0.15) is 18.4 Å². The first-order valence-corrected chi connectivity index (χ1v) is 13.5. The SMILES string of the molecule is CCC(C(=O)NC)N(Cc1ccccc1Cl)C(=O)CN(c1ccc(C)cc1)S(=O)(=O)c1ccc(F)cc1. The van der Waals surface area contributed by atoms with Crippen molar-refractivity contribution >= 4 is 39.1 Å². The molecule has 0 saturated heterocycles. The zero-order valence-electron chi connectivity index (χ0n) is 20.8. The van der Waals surface area contributed by atoms with E-state index in [9.17, 15) is 22.4 Å². The maximum atomic E-state index is 13.8. The van der Waals surface area contributed by atoms with Crippen LogP contribution >= 0.6 is 11.6 Å². The highest BCUT2D eigenvalue weighted by Crippen LogP contribution is 2.26. The smallest absolute Gasteiger partial charge is 0.264 e. The monoisotopic (exact) mass is 545 g/mol. The van der Waals surface area contributed by atoms with Gasteiger partial charge in [0, 0.05) is 18.6 Å². The molecule has 3 aromatic carbocycles. The third-order valence-electron chi connectivity index (χ3n) is 5.93. The molecular formula is C27H29ClFN3O4S. The number of likely N-dealkylation sites (N-methyl/N-ethyl adjacent to an activating group) is 1. The van der Waals surface area contributed by atoms with Crippen LogP contribution in [-0.4, -0.2) is 44.8 Å². The van der Waals surface area contributed by atoms with Gasteiger partial charge in [-0.25, -0.2) is 12.8 Å². The Kier molecular flexibility index (Phi) is 9.29. The second-order valence-electron chi connectivity index (χ2n) is 8.45. The van der Waals surface area contributed by atoms with E-state index in [1.54, 1.807) is 55.5 Å². The summed E-state index contributed by atoms with van der Waals surface area (Å²) in [4.78, 5) is 27.7. The number of nitrogens with one attached hydrogen (secondary N) is 1. The average Bonchev–Trinajstić information content (AvgIpc) is 2.88. The van der Waals surface area contributed by atoms with Gasteiger partial charge in [-0.2, -0.15) is 0 Å². The number of hydrogen-bond acceptors (Lipinski definition) is 4. The Hall–Kier alpha value is -3.43. The van der Waals surface area contributed by atoms with Gasteiger partial charge >= 0.3 is 0 Å². The molecule has 2 amide bonds. The fourth-order valence-corrected chi connectivity index (χ4v) is 5.48. The molecule has 0 radical (unpaired) electrons. The maximum absolute atomic E-state index is 13.8. The molecule has 0 bridgehead atoms. The van der Waals surface area contributed by atoms with Gasteiger partial charge in [0.15, 0.2) is 0 Å². The number of amides is 2. The predicted molar refractivity (Wildman–Crippen MR) is 142 cm³/mol. The van der Waals surface area contributed by atoms with E-state index >= 15 is 0 Å². The summed E-state index contributed by atoms with van der Waals surface area (Å²) >= 11 is 6.34. The Morgan fingerprint density at radius 3 is 2.19 bits per heavy atom. The summed E-state index contributed by atoms with van der Waals surface area (Å²) in [5.41, 5.74) is 1.78. The van der Waals surface area contributed by atoms with Gasteiger partial charge in [-0.15, -0.1) is 0 Å². The predicted octanol–water partition coefficient (Wildman–Crippen LogP) is 4.54. The molecule has 0 aliphatic heterocycles. The van der Waals surface area contributed by atoms with E-state index in [0.717, 1.165) is 34.1 Å². The molecule has 0 aliphatic carbocycles. The number of hydrogen-bond donors (Lipinski definition) is 1. The van der Waals surface area contributed by atoms with E-state index in [2.05, 4.69) is 5.32 Å². The van der Waals surface area contributed by atoms with Crippen LogP contribution in [-0.2, 0) is 26.2 Å². The summed E-state index contributed by atoms with van der Waals surface area (Å²) in [5.74, 6) is -1.56. The minimum Gasteiger partial charge on any atom is -0.357 e. The van der Waals surface area contributed by atoms with Crippen LogP contribution in [0, 0.1) is 12.7 Å². The van der Waals surface area contributed by atoms with Gasteiger partial charge in [-0.1, -0.05) is 54.4 Å². The van der Waals surface area contributed by atoms with Crippen molar-refractivity contribution in [1.29, 1.82) is 0 Å².